The molecule has 0 N–H and O–H groups in total. The van der Waals surface area contributed by atoms with Gasteiger partial charge < -0.3 is 0 Å². The molecule has 14 heavy (non-hydrogen) atoms. The summed E-state index contributed by atoms with van der Waals surface area (Å²) in [5, 5.41) is 1.25. The summed E-state index contributed by atoms with van der Waals surface area (Å²) in [7, 11) is 0. The highest BCUT2D eigenvalue weighted by Gasteiger charge is 2.08. The third kappa shape index (κ3) is 1.89. The molecule has 1 aromatic carbocycles. The monoisotopic (exact) mass is 354 g/mol. The van der Waals surface area contributed by atoms with E-state index in [0.717, 1.165) is 14.3 Å². The van der Waals surface area contributed by atoms with Crippen molar-refractivity contribution >= 4 is 66.0 Å². The van der Waals surface area contributed by atoms with Crippen molar-refractivity contribution in [2.75, 3.05) is 0 Å². The van der Waals surface area contributed by atoms with Crippen LogP contribution in [0.5, 0.6) is 0 Å². The number of hydrogen-bond acceptors (Lipinski definition) is 2. The van der Waals surface area contributed by atoms with Gasteiger partial charge in [0.2, 0.25) is 5.28 Å². The molecule has 2 aromatic rings. The molecule has 1 aromatic heterocycles. The topological polar surface area (TPSA) is 25.8 Å². The zero-order chi connectivity index (χ0) is 10.3. The lowest BCUT2D eigenvalue weighted by molar-refractivity contribution is 1.22. The van der Waals surface area contributed by atoms with Gasteiger partial charge >= 0.3 is 0 Å². The van der Waals surface area contributed by atoms with Crippen molar-refractivity contribution in [1.29, 1.82) is 0 Å². The molecule has 0 unspecified atom stereocenters. The fourth-order valence-electron chi connectivity index (χ4n) is 1.10. The molecular formula is C8H2Br2Cl2N2. The predicted octanol–water partition coefficient (Wildman–Crippen LogP) is 4.46. The van der Waals surface area contributed by atoms with E-state index in [1.807, 2.05) is 12.1 Å². The minimum absolute atomic E-state index is 0.144. The summed E-state index contributed by atoms with van der Waals surface area (Å²) in [6, 6.07) is 3.72. The van der Waals surface area contributed by atoms with Crippen molar-refractivity contribution in [2.24, 2.45) is 0 Å². The van der Waals surface area contributed by atoms with Crippen LogP contribution in [0.3, 0.4) is 0 Å². The van der Waals surface area contributed by atoms with Gasteiger partial charge in [0.1, 0.15) is 5.15 Å². The highest BCUT2D eigenvalue weighted by molar-refractivity contribution is 9.11. The SMILES string of the molecule is Clc1nc(Cl)c2cc(Br)cc(Br)c2n1. The Morgan fingerprint density at radius 1 is 1.07 bits per heavy atom. The van der Waals surface area contributed by atoms with Crippen LogP contribution in [0.4, 0.5) is 0 Å². The molecule has 0 aliphatic heterocycles. The van der Waals surface area contributed by atoms with E-state index >= 15 is 0 Å². The zero-order valence-electron chi connectivity index (χ0n) is 6.56. The Kier molecular flexibility index (Phi) is 2.98. The van der Waals surface area contributed by atoms with Gasteiger partial charge in [0.05, 0.1) is 5.52 Å². The van der Waals surface area contributed by atoms with E-state index in [4.69, 9.17) is 23.2 Å². The summed E-state index contributed by atoms with van der Waals surface area (Å²) >= 11 is 18.4. The summed E-state index contributed by atoms with van der Waals surface area (Å²) in [5.41, 5.74) is 0.707. The lowest BCUT2D eigenvalue weighted by Gasteiger charge is -2.03. The largest absolute Gasteiger partial charge is 0.224 e. The second-order valence-corrected chi connectivity index (χ2v) is 5.03. The number of fused-ring (bicyclic) bond motifs is 1. The van der Waals surface area contributed by atoms with E-state index in [1.54, 1.807) is 0 Å². The Hall–Kier alpha value is 0.1000. The van der Waals surface area contributed by atoms with E-state index in [0.29, 0.717) is 10.7 Å². The molecule has 2 nitrogen and oxygen atoms in total. The number of rotatable bonds is 0. The van der Waals surface area contributed by atoms with Gasteiger partial charge in [-0.05, 0) is 39.7 Å². The van der Waals surface area contributed by atoms with Gasteiger partial charge in [-0.3, -0.25) is 0 Å². The van der Waals surface area contributed by atoms with Crippen LogP contribution in [0.25, 0.3) is 10.9 Å². The first-order valence-corrected chi connectivity index (χ1v) is 5.90. The summed E-state index contributed by atoms with van der Waals surface area (Å²) in [4.78, 5) is 7.94. The molecule has 6 heteroatoms. The molecule has 0 aliphatic carbocycles. The maximum absolute atomic E-state index is 5.93. The second kappa shape index (κ2) is 3.93. The predicted molar refractivity (Wildman–Crippen MR) is 65.0 cm³/mol. The van der Waals surface area contributed by atoms with Crippen molar-refractivity contribution in [3.8, 4) is 0 Å². The summed E-state index contributed by atoms with van der Waals surface area (Å²) in [6.07, 6.45) is 0. The Bertz CT molecular complexity index is 469. The van der Waals surface area contributed by atoms with Crippen LogP contribution < -0.4 is 0 Å². The van der Waals surface area contributed by atoms with Crippen LogP contribution in [0.2, 0.25) is 10.4 Å². The first-order chi connectivity index (χ1) is 6.58. The lowest BCUT2D eigenvalue weighted by Crippen LogP contribution is -1.87. The van der Waals surface area contributed by atoms with Crippen molar-refractivity contribution in [3.05, 3.63) is 31.5 Å². The molecule has 0 amide bonds. The molecule has 0 fully saturated rings. The molecule has 0 aliphatic rings. The first kappa shape index (κ1) is 10.6. The van der Waals surface area contributed by atoms with Crippen LogP contribution >= 0.6 is 55.1 Å². The third-order valence-electron chi connectivity index (χ3n) is 1.64. The molecule has 0 atom stereocenters. The number of hydrogen-bond donors (Lipinski definition) is 0. The van der Waals surface area contributed by atoms with Gasteiger partial charge in [-0.2, -0.15) is 0 Å². The average molecular weight is 357 g/mol. The number of aromatic nitrogens is 2. The quantitative estimate of drug-likeness (QED) is 0.514. The number of halogens is 4. The molecule has 1 heterocycles. The Morgan fingerprint density at radius 2 is 1.79 bits per heavy atom. The number of nitrogens with zero attached hydrogens (tertiary/aromatic N) is 2. The zero-order valence-corrected chi connectivity index (χ0v) is 11.2. The van der Waals surface area contributed by atoms with Gasteiger partial charge in [-0.1, -0.05) is 27.5 Å². The summed E-state index contributed by atoms with van der Waals surface area (Å²) < 4.78 is 1.73. The Balaban J connectivity index is 2.94. The molecule has 0 bridgehead atoms. The molecule has 72 valence electrons. The Morgan fingerprint density at radius 3 is 2.50 bits per heavy atom. The summed E-state index contributed by atoms with van der Waals surface area (Å²) in [5.74, 6) is 0. The van der Waals surface area contributed by atoms with Gasteiger partial charge in [0.25, 0.3) is 0 Å². The van der Waals surface area contributed by atoms with Gasteiger partial charge in [0, 0.05) is 14.3 Å². The Labute approximate surface area is 107 Å². The molecule has 0 radical (unpaired) electrons. The smallest absolute Gasteiger partial charge is 0.217 e. The fraction of sp³-hybridized carbons (Fsp3) is 0. The van der Waals surface area contributed by atoms with Crippen molar-refractivity contribution in [2.45, 2.75) is 0 Å². The highest BCUT2D eigenvalue weighted by Crippen LogP contribution is 2.31. The van der Waals surface area contributed by atoms with Crippen molar-refractivity contribution < 1.29 is 0 Å². The van der Waals surface area contributed by atoms with Crippen LogP contribution in [0.15, 0.2) is 21.1 Å². The van der Waals surface area contributed by atoms with E-state index in [1.165, 1.54) is 0 Å². The highest BCUT2D eigenvalue weighted by atomic mass is 79.9. The molecule has 2 rings (SSSR count). The lowest BCUT2D eigenvalue weighted by atomic mass is 10.2. The second-order valence-electron chi connectivity index (χ2n) is 2.57. The van der Waals surface area contributed by atoms with Crippen LogP contribution in [-0.4, -0.2) is 9.97 Å². The van der Waals surface area contributed by atoms with Crippen LogP contribution in [-0.2, 0) is 0 Å². The number of benzene rings is 1. The van der Waals surface area contributed by atoms with Gasteiger partial charge in [-0.15, -0.1) is 0 Å². The third-order valence-corrected chi connectivity index (χ3v) is 3.16. The molecular weight excluding hydrogens is 355 g/mol. The standard InChI is InChI=1S/C8H2Br2Cl2N2/c9-3-1-4-6(5(10)2-3)13-8(12)14-7(4)11/h1-2H. The minimum atomic E-state index is 0.144. The van der Waals surface area contributed by atoms with Crippen molar-refractivity contribution in [3.63, 3.8) is 0 Å². The van der Waals surface area contributed by atoms with Gasteiger partial charge in [0.15, 0.2) is 0 Å². The molecule has 0 spiro atoms. The molecule has 0 saturated heterocycles. The van der Waals surface area contributed by atoms with E-state index in [-0.39, 0.29) is 5.28 Å². The molecule has 0 saturated carbocycles. The maximum atomic E-state index is 5.93. The van der Waals surface area contributed by atoms with E-state index in [9.17, 15) is 0 Å². The average Bonchev–Trinajstić information content (AvgIpc) is 2.07. The fourth-order valence-corrected chi connectivity index (χ4v) is 2.85. The first-order valence-electron chi connectivity index (χ1n) is 3.56. The summed E-state index contributed by atoms with van der Waals surface area (Å²) in [6.45, 7) is 0. The van der Waals surface area contributed by atoms with Gasteiger partial charge in [-0.25, -0.2) is 9.97 Å². The normalized spacial score (nSPS) is 10.9. The van der Waals surface area contributed by atoms with E-state index < -0.39 is 0 Å². The van der Waals surface area contributed by atoms with Crippen molar-refractivity contribution in [1.82, 2.24) is 9.97 Å². The minimum Gasteiger partial charge on any atom is -0.217 e. The maximum Gasteiger partial charge on any atom is 0.224 e. The van der Waals surface area contributed by atoms with Crippen LogP contribution in [0.1, 0.15) is 0 Å². The van der Waals surface area contributed by atoms with Crippen LogP contribution in [0, 0.1) is 0 Å². The van der Waals surface area contributed by atoms with E-state index in [2.05, 4.69) is 41.8 Å².